The molecule has 0 aromatic carbocycles. The number of thioether (sulfide) groups is 1. The van der Waals surface area contributed by atoms with Crippen molar-refractivity contribution in [2.75, 3.05) is 25.4 Å². The van der Waals surface area contributed by atoms with Gasteiger partial charge in [0.25, 0.3) is 0 Å². The summed E-state index contributed by atoms with van der Waals surface area (Å²) in [5, 5.41) is 4.12. The lowest BCUT2D eigenvalue weighted by molar-refractivity contribution is 0.381. The summed E-state index contributed by atoms with van der Waals surface area (Å²) in [6.07, 6.45) is 7.26. The lowest BCUT2D eigenvalue weighted by atomic mass is 10.1. The first-order valence-corrected chi connectivity index (χ1v) is 10.3. The lowest BCUT2D eigenvalue weighted by Gasteiger charge is -2.36. The van der Waals surface area contributed by atoms with Crippen molar-refractivity contribution in [1.29, 1.82) is 0 Å². The van der Waals surface area contributed by atoms with Crippen molar-refractivity contribution < 1.29 is 0 Å². The Hall–Kier alpha value is -2.02. The highest BCUT2D eigenvalue weighted by Crippen LogP contribution is 2.25. The van der Waals surface area contributed by atoms with Gasteiger partial charge in [-0.3, -0.25) is 4.57 Å². The predicted molar refractivity (Wildman–Crippen MR) is 109 cm³/mol. The molecule has 6 nitrogen and oxygen atoms in total. The van der Waals surface area contributed by atoms with Crippen LogP contribution in [0.4, 0.5) is 0 Å². The molecule has 0 aliphatic carbocycles. The summed E-state index contributed by atoms with van der Waals surface area (Å²) in [6, 6.07) is 4.04. The molecule has 1 N–H and O–H groups in total. The minimum absolute atomic E-state index is 0.597. The van der Waals surface area contributed by atoms with Crippen LogP contribution in [0, 0.1) is 5.92 Å². The third-order valence-corrected chi connectivity index (χ3v) is 6.03. The number of aliphatic imine (C=N–C) groups is 1. The van der Waals surface area contributed by atoms with Crippen LogP contribution in [0.2, 0.25) is 0 Å². The maximum atomic E-state index is 4.92. The van der Waals surface area contributed by atoms with Crippen molar-refractivity contribution in [2.45, 2.75) is 32.6 Å². The Balaban J connectivity index is 1.78. The Morgan fingerprint density at radius 2 is 2.31 bits per heavy atom. The summed E-state index contributed by atoms with van der Waals surface area (Å²) in [5.41, 5.74) is 1.09. The molecule has 1 aliphatic rings. The van der Waals surface area contributed by atoms with E-state index in [-0.39, 0.29) is 0 Å². The number of nitrogens with one attached hydrogen (secondary N) is 1. The van der Waals surface area contributed by atoms with Crippen molar-refractivity contribution in [1.82, 2.24) is 24.8 Å². The van der Waals surface area contributed by atoms with E-state index < -0.39 is 0 Å². The molecule has 140 valence electrons. The van der Waals surface area contributed by atoms with E-state index in [0.29, 0.717) is 17.7 Å². The summed E-state index contributed by atoms with van der Waals surface area (Å²) in [5.74, 6) is 3.72. The van der Waals surface area contributed by atoms with Gasteiger partial charge < -0.3 is 10.2 Å². The van der Waals surface area contributed by atoms with Gasteiger partial charge in [0.05, 0.1) is 6.54 Å². The number of guanidine groups is 1. The van der Waals surface area contributed by atoms with Gasteiger partial charge in [-0.1, -0.05) is 19.9 Å². The summed E-state index contributed by atoms with van der Waals surface area (Å²) >= 11 is 2.08. The predicted octanol–water partition coefficient (Wildman–Crippen LogP) is 2.81. The molecule has 2 aromatic rings. The highest BCUT2D eigenvalue weighted by atomic mass is 32.2. The van der Waals surface area contributed by atoms with Gasteiger partial charge in [-0.25, -0.2) is 15.0 Å². The average molecular weight is 373 g/mol. The molecule has 26 heavy (non-hydrogen) atoms. The van der Waals surface area contributed by atoms with E-state index in [1.807, 2.05) is 23.0 Å². The molecule has 3 heterocycles. The van der Waals surface area contributed by atoms with E-state index in [1.165, 1.54) is 0 Å². The molecule has 0 amide bonds. The van der Waals surface area contributed by atoms with E-state index in [4.69, 9.17) is 4.99 Å². The van der Waals surface area contributed by atoms with Crippen molar-refractivity contribution >= 4 is 17.7 Å². The van der Waals surface area contributed by atoms with E-state index in [1.54, 1.807) is 12.5 Å². The molecule has 1 unspecified atom stereocenters. The second kappa shape index (κ2) is 9.07. The number of pyridine rings is 1. The van der Waals surface area contributed by atoms with Crippen LogP contribution in [0.15, 0.2) is 42.0 Å². The zero-order chi connectivity index (χ0) is 18.4. The fourth-order valence-corrected chi connectivity index (χ4v) is 4.33. The summed E-state index contributed by atoms with van der Waals surface area (Å²) in [7, 11) is 0. The van der Waals surface area contributed by atoms with Gasteiger partial charge in [0.2, 0.25) is 0 Å². The molecule has 1 atom stereocenters. The summed E-state index contributed by atoms with van der Waals surface area (Å²) in [4.78, 5) is 16.0. The van der Waals surface area contributed by atoms with Crippen LogP contribution in [-0.2, 0) is 6.54 Å². The minimum atomic E-state index is 0.597. The first kappa shape index (κ1) is 18.8. The highest BCUT2D eigenvalue weighted by molar-refractivity contribution is 8.00. The fraction of sp³-hybridized carbons (Fsp3) is 0.526. The van der Waals surface area contributed by atoms with Gasteiger partial charge in [-0.2, -0.15) is 11.8 Å². The van der Waals surface area contributed by atoms with Crippen LogP contribution in [0.3, 0.4) is 0 Å². The van der Waals surface area contributed by atoms with Gasteiger partial charge in [0, 0.05) is 54.8 Å². The monoisotopic (exact) mass is 372 g/mol. The van der Waals surface area contributed by atoms with E-state index in [2.05, 4.69) is 58.8 Å². The second-order valence-electron chi connectivity index (χ2n) is 6.73. The molecule has 0 radical (unpaired) electrons. The molecule has 3 rings (SSSR count). The standard InChI is InChI=1S/C19H28N6S/c1-4-21-19(24-10-11-26-17(13-24)15(2)3)23-12-16-6-5-7-22-18(16)25-9-8-20-14-25/h5-9,14-15,17H,4,10-13H2,1-3H3,(H,21,23). The largest absolute Gasteiger partial charge is 0.357 e. The number of nitrogens with zero attached hydrogens (tertiary/aromatic N) is 5. The lowest BCUT2D eigenvalue weighted by Crippen LogP contribution is -2.49. The zero-order valence-electron chi connectivity index (χ0n) is 15.8. The molecule has 1 fully saturated rings. The average Bonchev–Trinajstić information content (AvgIpc) is 3.20. The Morgan fingerprint density at radius 1 is 1.42 bits per heavy atom. The molecular weight excluding hydrogens is 344 g/mol. The van der Waals surface area contributed by atoms with E-state index in [9.17, 15) is 0 Å². The number of hydrogen-bond acceptors (Lipinski definition) is 4. The van der Waals surface area contributed by atoms with Crippen LogP contribution in [-0.4, -0.2) is 56.0 Å². The van der Waals surface area contributed by atoms with Crippen LogP contribution in [0.1, 0.15) is 26.3 Å². The molecule has 0 spiro atoms. The van der Waals surface area contributed by atoms with Crippen molar-refractivity contribution in [3.63, 3.8) is 0 Å². The van der Waals surface area contributed by atoms with Crippen molar-refractivity contribution in [3.05, 3.63) is 42.6 Å². The number of imidazole rings is 1. The van der Waals surface area contributed by atoms with Crippen LogP contribution in [0.5, 0.6) is 0 Å². The minimum Gasteiger partial charge on any atom is -0.357 e. The first-order valence-electron chi connectivity index (χ1n) is 9.26. The summed E-state index contributed by atoms with van der Waals surface area (Å²) in [6.45, 7) is 10.3. The van der Waals surface area contributed by atoms with Crippen molar-refractivity contribution in [3.8, 4) is 5.82 Å². The Bertz CT molecular complexity index is 713. The molecular formula is C19H28N6S. The third kappa shape index (κ3) is 4.58. The molecule has 0 bridgehead atoms. The summed E-state index contributed by atoms with van der Waals surface area (Å²) < 4.78 is 1.93. The van der Waals surface area contributed by atoms with E-state index >= 15 is 0 Å². The topological polar surface area (TPSA) is 58.3 Å². The SMILES string of the molecule is CCNC(=NCc1cccnc1-n1ccnc1)N1CCSC(C(C)C)C1. The normalized spacial score (nSPS) is 18.4. The smallest absolute Gasteiger partial charge is 0.194 e. The van der Waals surface area contributed by atoms with Crippen LogP contribution >= 0.6 is 11.8 Å². The number of rotatable bonds is 5. The van der Waals surface area contributed by atoms with Gasteiger partial charge in [0.1, 0.15) is 12.1 Å². The Kier molecular flexibility index (Phi) is 6.55. The number of aromatic nitrogens is 3. The maximum Gasteiger partial charge on any atom is 0.194 e. The molecule has 1 aliphatic heterocycles. The molecule has 1 saturated heterocycles. The second-order valence-corrected chi connectivity index (χ2v) is 8.07. The Morgan fingerprint density at radius 3 is 3.04 bits per heavy atom. The highest BCUT2D eigenvalue weighted by Gasteiger charge is 2.24. The van der Waals surface area contributed by atoms with E-state index in [0.717, 1.165) is 42.7 Å². The molecule has 0 saturated carbocycles. The van der Waals surface area contributed by atoms with Crippen molar-refractivity contribution in [2.24, 2.45) is 10.9 Å². The van der Waals surface area contributed by atoms with Gasteiger partial charge in [-0.15, -0.1) is 0 Å². The molecule has 7 heteroatoms. The fourth-order valence-electron chi connectivity index (χ4n) is 3.03. The van der Waals surface area contributed by atoms with Gasteiger partial charge >= 0.3 is 0 Å². The third-order valence-electron chi connectivity index (χ3n) is 4.49. The van der Waals surface area contributed by atoms with Crippen LogP contribution in [0.25, 0.3) is 5.82 Å². The quantitative estimate of drug-likeness (QED) is 0.646. The van der Waals surface area contributed by atoms with Gasteiger partial charge in [0.15, 0.2) is 5.96 Å². The zero-order valence-corrected chi connectivity index (χ0v) is 16.6. The van der Waals surface area contributed by atoms with Gasteiger partial charge in [-0.05, 0) is 18.9 Å². The van der Waals surface area contributed by atoms with Crippen LogP contribution < -0.4 is 5.32 Å². The first-order chi connectivity index (χ1) is 12.7. The molecule has 2 aromatic heterocycles. The number of hydrogen-bond donors (Lipinski definition) is 1. The Labute approximate surface area is 160 Å². The maximum absolute atomic E-state index is 4.92.